The van der Waals surface area contributed by atoms with Gasteiger partial charge in [0.1, 0.15) is 0 Å². The predicted octanol–water partition coefficient (Wildman–Crippen LogP) is 4.05. The lowest BCUT2D eigenvalue weighted by molar-refractivity contribution is 0.202. The van der Waals surface area contributed by atoms with Crippen molar-refractivity contribution in [2.24, 2.45) is 0 Å². The average molecular weight is 319 g/mol. The van der Waals surface area contributed by atoms with Crippen molar-refractivity contribution >= 4 is 10.9 Å². The van der Waals surface area contributed by atoms with Gasteiger partial charge in [0, 0.05) is 61.1 Å². The molecule has 124 valence electrons. The molecule has 0 fully saturated rings. The molecule has 0 bridgehead atoms. The number of rotatable bonds is 4. The van der Waals surface area contributed by atoms with Gasteiger partial charge in [0.2, 0.25) is 0 Å². The first-order valence-electron chi connectivity index (χ1n) is 8.96. The minimum absolute atomic E-state index is 0.607. The van der Waals surface area contributed by atoms with E-state index in [1.165, 1.54) is 27.7 Å². The molecule has 0 saturated carbocycles. The number of hydrogen-bond acceptors (Lipinski definition) is 2. The molecular weight excluding hydrogens is 294 g/mol. The third-order valence-corrected chi connectivity index (χ3v) is 5.27. The van der Waals surface area contributed by atoms with Gasteiger partial charge < -0.3 is 4.57 Å². The Balaban J connectivity index is 1.71. The Bertz CT molecular complexity index is 833. The van der Waals surface area contributed by atoms with E-state index in [2.05, 4.69) is 58.6 Å². The van der Waals surface area contributed by atoms with Crippen LogP contribution in [0.2, 0.25) is 0 Å². The SMILES string of the molecule is CC(C)N1CCc2c(c3ccccc3n2CCc2cccnc2)C1. The van der Waals surface area contributed by atoms with Crippen LogP contribution in [-0.2, 0) is 25.9 Å². The summed E-state index contributed by atoms with van der Waals surface area (Å²) in [6.45, 7) is 7.86. The standard InChI is InChI=1S/C21H25N3/c1-16(2)23-12-10-21-19(15-23)18-7-3-4-8-20(18)24(21)13-9-17-6-5-11-22-14-17/h3-8,11,14,16H,9-10,12-13,15H2,1-2H3. The van der Waals surface area contributed by atoms with Gasteiger partial charge in [-0.05, 0) is 43.5 Å². The minimum atomic E-state index is 0.607. The number of hydrogen-bond donors (Lipinski definition) is 0. The van der Waals surface area contributed by atoms with Crippen molar-refractivity contribution in [2.45, 2.75) is 45.8 Å². The molecule has 0 unspecified atom stereocenters. The molecule has 3 aromatic rings. The Hall–Kier alpha value is -2.13. The summed E-state index contributed by atoms with van der Waals surface area (Å²) in [6, 6.07) is 13.7. The van der Waals surface area contributed by atoms with Crippen LogP contribution in [0.4, 0.5) is 0 Å². The van der Waals surface area contributed by atoms with Crippen molar-refractivity contribution in [3.8, 4) is 0 Å². The van der Waals surface area contributed by atoms with Crippen LogP contribution in [0.15, 0.2) is 48.8 Å². The molecule has 0 saturated heterocycles. The molecule has 0 atom stereocenters. The van der Waals surface area contributed by atoms with E-state index >= 15 is 0 Å². The van der Waals surface area contributed by atoms with Gasteiger partial charge >= 0.3 is 0 Å². The molecule has 2 aromatic heterocycles. The van der Waals surface area contributed by atoms with Crippen LogP contribution >= 0.6 is 0 Å². The van der Waals surface area contributed by atoms with E-state index in [-0.39, 0.29) is 0 Å². The maximum atomic E-state index is 4.25. The number of aromatic nitrogens is 2. The van der Waals surface area contributed by atoms with Gasteiger partial charge in [-0.2, -0.15) is 0 Å². The van der Waals surface area contributed by atoms with E-state index in [0.29, 0.717) is 6.04 Å². The van der Waals surface area contributed by atoms with Crippen molar-refractivity contribution in [1.82, 2.24) is 14.5 Å². The molecule has 0 N–H and O–H groups in total. The van der Waals surface area contributed by atoms with Crippen LogP contribution < -0.4 is 0 Å². The summed E-state index contributed by atoms with van der Waals surface area (Å²) >= 11 is 0. The zero-order chi connectivity index (χ0) is 16.5. The van der Waals surface area contributed by atoms with Gasteiger partial charge in [-0.15, -0.1) is 0 Å². The Labute approximate surface area is 143 Å². The molecule has 0 spiro atoms. The van der Waals surface area contributed by atoms with E-state index in [0.717, 1.165) is 32.5 Å². The summed E-state index contributed by atoms with van der Waals surface area (Å²) in [4.78, 5) is 6.83. The second-order valence-corrected chi connectivity index (χ2v) is 7.02. The molecule has 4 rings (SSSR count). The molecule has 3 heteroatoms. The maximum Gasteiger partial charge on any atom is 0.0486 e. The van der Waals surface area contributed by atoms with Crippen molar-refractivity contribution in [3.05, 3.63) is 65.6 Å². The summed E-state index contributed by atoms with van der Waals surface area (Å²) in [5.74, 6) is 0. The van der Waals surface area contributed by atoms with Crippen LogP contribution in [0.1, 0.15) is 30.7 Å². The largest absolute Gasteiger partial charge is 0.344 e. The Morgan fingerprint density at radius 3 is 2.79 bits per heavy atom. The highest BCUT2D eigenvalue weighted by Crippen LogP contribution is 2.31. The van der Waals surface area contributed by atoms with Gasteiger partial charge in [-0.1, -0.05) is 24.3 Å². The molecule has 0 aliphatic carbocycles. The Morgan fingerprint density at radius 1 is 1.12 bits per heavy atom. The molecular formula is C21H25N3. The maximum absolute atomic E-state index is 4.25. The molecule has 24 heavy (non-hydrogen) atoms. The van der Waals surface area contributed by atoms with Crippen LogP contribution in [0.3, 0.4) is 0 Å². The summed E-state index contributed by atoms with van der Waals surface area (Å²) < 4.78 is 2.55. The Morgan fingerprint density at radius 2 is 2.00 bits per heavy atom. The van der Waals surface area contributed by atoms with Gasteiger partial charge in [0.25, 0.3) is 0 Å². The molecule has 0 radical (unpaired) electrons. The molecule has 1 aliphatic heterocycles. The number of aryl methyl sites for hydroxylation is 2. The predicted molar refractivity (Wildman–Crippen MR) is 99.1 cm³/mol. The highest BCUT2D eigenvalue weighted by molar-refractivity contribution is 5.85. The fourth-order valence-corrected chi connectivity index (χ4v) is 3.90. The van der Waals surface area contributed by atoms with Crippen LogP contribution in [0, 0.1) is 0 Å². The lowest BCUT2D eigenvalue weighted by atomic mass is 10.0. The highest BCUT2D eigenvalue weighted by atomic mass is 15.2. The monoisotopic (exact) mass is 319 g/mol. The lowest BCUT2D eigenvalue weighted by Crippen LogP contribution is -2.36. The van der Waals surface area contributed by atoms with Gasteiger partial charge in [-0.25, -0.2) is 0 Å². The van der Waals surface area contributed by atoms with Crippen LogP contribution in [-0.4, -0.2) is 27.0 Å². The number of para-hydroxylation sites is 1. The summed E-state index contributed by atoms with van der Waals surface area (Å²) in [7, 11) is 0. The molecule has 3 heterocycles. The molecule has 0 amide bonds. The van der Waals surface area contributed by atoms with E-state index in [1.54, 1.807) is 0 Å². The fourth-order valence-electron chi connectivity index (χ4n) is 3.90. The zero-order valence-corrected chi connectivity index (χ0v) is 14.6. The quantitative estimate of drug-likeness (QED) is 0.723. The number of benzene rings is 1. The first kappa shape index (κ1) is 15.4. The second-order valence-electron chi connectivity index (χ2n) is 7.02. The van der Waals surface area contributed by atoms with Gasteiger partial charge in [0.05, 0.1) is 0 Å². The van der Waals surface area contributed by atoms with E-state index in [1.807, 2.05) is 18.5 Å². The van der Waals surface area contributed by atoms with E-state index < -0.39 is 0 Å². The topological polar surface area (TPSA) is 21.1 Å². The fraction of sp³-hybridized carbons (Fsp3) is 0.381. The van der Waals surface area contributed by atoms with Crippen molar-refractivity contribution in [1.29, 1.82) is 0 Å². The van der Waals surface area contributed by atoms with Gasteiger partial charge in [0.15, 0.2) is 0 Å². The third-order valence-electron chi connectivity index (χ3n) is 5.27. The third kappa shape index (κ3) is 2.73. The molecule has 1 aliphatic rings. The van der Waals surface area contributed by atoms with E-state index in [4.69, 9.17) is 0 Å². The van der Waals surface area contributed by atoms with Crippen molar-refractivity contribution < 1.29 is 0 Å². The first-order valence-corrected chi connectivity index (χ1v) is 8.96. The Kier molecular flexibility index (Phi) is 4.11. The van der Waals surface area contributed by atoms with Crippen LogP contribution in [0.25, 0.3) is 10.9 Å². The number of fused-ring (bicyclic) bond motifs is 3. The lowest BCUT2D eigenvalue weighted by Gasteiger charge is -2.31. The summed E-state index contributed by atoms with van der Waals surface area (Å²) in [5.41, 5.74) is 5.77. The zero-order valence-electron chi connectivity index (χ0n) is 14.6. The normalized spacial score (nSPS) is 15.1. The summed E-state index contributed by atoms with van der Waals surface area (Å²) in [5, 5.41) is 1.43. The summed E-state index contributed by atoms with van der Waals surface area (Å²) in [6.07, 6.45) is 6.01. The number of pyridine rings is 1. The second kappa shape index (κ2) is 6.40. The first-order chi connectivity index (χ1) is 11.7. The minimum Gasteiger partial charge on any atom is -0.344 e. The molecule has 1 aromatic carbocycles. The number of nitrogens with zero attached hydrogens (tertiary/aromatic N) is 3. The van der Waals surface area contributed by atoms with E-state index in [9.17, 15) is 0 Å². The average Bonchev–Trinajstić information content (AvgIpc) is 2.94. The molecule has 3 nitrogen and oxygen atoms in total. The highest BCUT2D eigenvalue weighted by Gasteiger charge is 2.24. The van der Waals surface area contributed by atoms with Crippen molar-refractivity contribution in [2.75, 3.05) is 6.54 Å². The smallest absolute Gasteiger partial charge is 0.0486 e. The van der Waals surface area contributed by atoms with Crippen molar-refractivity contribution in [3.63, 3.8) is 0 Å². The van der Waals surface area contributed by atoms with Gasteiger partial charge in [-0.3, -0.25) is 9.88 Å². The van der Waals surface area contributed by atoms with Crippen LogP contribution in [0.5, 0.6) is 0 Å².